The summed E-state index contributed by atoms with van der Waals surface area (Å²) in [5.41, 5.74) is 0.544. The smallest absolute Gasteiger partial charge is 0.339 e. The molecule has 5 nitrogen and oxygen atoms in total. The molecule has 2 unspecified atom stereocenters. The Morgan fingerprint density at radius 1 is 1.10 bits per heavy atom. The van der Waals surface area contributed by atoms with Crippen LogP contribution in [0, 0.1) is 11.8 Å². The number of anilines is 1. The molecule has 1 aromatic rings. The predicted octanol–water partition coefficient (Wildman–Crippen LogP) is 1.93. The first kappa shape index (κ1) is 13.5. The van der Waals surface area contributed by atoms with E-state index in [2.05, 4.69) is 0 Å². The molecule has 1 saturated heterocycles. The highest BCUT2D eigenvalue weighted by Gasteiger charge is 2.48. The Balaban J connectivity index is 2.04. The van der Waals surface area contributed by atoms with Crippen LogP contribution in [0.2, 0.25) is 0 Å². The van der Waals surface area contributed by atoms with Crippen LogP contribution in [0.25, 0.3) is 0 Å². The van der Waals surface area contributed by atoms with E-state index in [9.17, 15) is 14.4 Å². The van der Waals surface area contributed by atoms with Crippen LogP contribution >= 0.6 is 0 Å². The Hall–Kier alpha value is -2.43. The van der Waals surface area contributed by atoms with Crippen LogP contribution in [0.5, 0.6) is 0 Å². The number of allylic oxidation sites excluding steroid dienone is 2. The van der Waals surface area contributed by atoms with Gasteiger partial charge in [0.05, 0.1) is 30.2 Å². The van der Waals surface area contributed by atoms with E-state index in [-0.39, 0.29) is 29.2 Å². The molecule has 1 heterocycles. The fourth-order valence-electron chi connectivity index (χ4n) is 2.99. The van der Waals surface area contributed by atoms with Crippen molar-refractivity contribution in [2.45, 2.75) is 12.8 Å². The normalized spacial score (nSPS) is 24.1. The van der Waals surface area contributed by atoms with E-state index in [1.54, 1.807) is 24.3 Å². The second-order valence-electron chi connectivity index (χ2n) is 5.18. The lowest BCUT2D eigenvalue weighted by molar-refractivity contribution is -0.122. The van der Waals surface area contributed by atoms with Crippen molar-refractivity contribution in [1.82, 2.24) is 0 Å². The standard InChI is InChI=1S/C16H15NO4/c1-21-16(20)12-8-4-5-9-13(12)17-14(18)10-6-2-3-7-11(10)15(17)19/h2-5,8-11H,6-7H2,1H3. The fourth-order valence-corrected chi connectivity index (χ4v) is 2.99. The number of amides is 2. The summed E-state index contributed by atoms with van der Waals surface area (Å²) < 4.78 is 4.73. The summed E-state index contributed by atoms with van der Waals surface area (Å²) in [6.45, 7) is 0. The molecule has 1 aliphatic heterocycles. The van der Waals surface area contributed by atoms with Crippen molar-refractivity contribution in [3.63, 3.8) is 0 Å². The molecule has 3 rings (SSSR count). The van der Waals surface area contributed by atoms with Gasteiger partial charge in [0.25, 0.3) is 0 Å². The van der Waals surface area contributed by atoms with E-state index < -0.39 is 5.97 Å². The molecule has 2 atom stereocenters. The second kappa shape index (κ2) is 5.16. The summed E-state index contributed by atoms with van der Waals surface area (Å²) in [7, 11) is 1.27. The number of carbonyl (C=O) groups excluding carboxylic acids is 3. The molecule has 0 bridgehead atoms. The molecule has 2 aliphatic rings. The average Bonchev–Trinajstić information content (AvgIpc) is 2.78. The van der Waals surface area contributed by atoms with E-state index in [1.807, 2.05) is 12.2 Å². The zero-order valence-electron chi connectivity index (χ0n) is 11.6. The highest BCUT2D eigenvalue weighted by molar-refractivity contribution is 6.24. The van der Waals surface area contributed by atoms with Gasteiger partial charge in [-0.05, 0) is 25.0 Å². The lowest BCUT2D eigenvalue weighted by atomic mass is 9.85. The number of esters is 1. The first-order chi connectivity index (χ1) is 10.1. The SMILES string of the molecule is COC(=O)c1ccccc1N1C(=O)C2CC=CCC2C1=O. The van der Waals surface area contributed by atoms with Gasteiger partial charge >= 0.3 is 5.97 Å². The molecule has 1 aromatic carbocycles. The quantitative estimate of drug-likeness (QED) is 0.473. The molecule has 5 heteroatoms. The number of fused-ring (bicyclic) bond motifs is 1. The van der Waals surface area contributed by atoms with Crippen molar-refractivity contribution in [2.75, 3.05) is 12.0 Å². The van der Waals surface area contributed by atoms with Crippen molar-refractivity contribution < 1.29 is 19.1 Å². The fraction of sp³-hybridized carbons (Fsp3) is 0.312. The number of carbonyl (C=O) groups is 3. The first-order valence-electron chi connectivity index (χ1n) is 6.85. The number of nitrogens with zero attached hydrogens (tertiary/aromatic N) is 1. The minimum atomic E-state index is -0.556. The largest absolute Gasteiger partial charge is 0.465 e. The lowest BCUT2D eigenvalue weighted by Gasteiger charge is -2.17. The van der Waals surface area contributed by atoms with Gasteiger partial charge in [-0.2, -0.15) is 0 Å². The number of para-hydroxylation sites is 1. The van der Waals surface area contributed by atoms with Gasteiger partial charge in [-0.1, -0.05) is 24.3 Å². The van der Waals surface area contributed by atoms with E-state index in [0.29, 0.717) is 18.5 Å². The van der Waals surface area contributed by atoms with Crippen LogP contribution in [-0.4, -0.2) is 24.9 Å². The van der Waals surface area contributed by atoms with Crippen LogP contribution in [0.3, 0.4) is 0 Å². The Morgan fingerprint density at radius 2 is 1.67 bits per heavy atom. The van der Waals surface area contributed by atoms with Crippen molar-refractivity contribution in [3.8, 4) is 0 Å². The Morgan fingerprint density at radius 3 is 2.24 bits per heavy atom. The third-order valence-corrected chi connectivity index (χ3v) is 4.06. The van der Waals surface area contributed by atoms with Gasteiger partial charge in [0.1, 0.15) is 0 Å². The van der Waals surface area contributed by atoms with E-state index in [4.69, 9.17) is 4.74 Å². The summed E-state index contributed by atoms with van der Waals surface area (Å²) in [5.74, 6) is -1.64. The number of methoxy groups -OCH3 is 1. The highest BCUT2D eigenvalue weighted by Crippen LogP contribution is 2.38. The topological polar surface area (TPSA) is 63.7 Å². The zero-order valence-corrected chi connectivity index (χ0v) is 11.6. The summed E-state index contributed by atoms with van der Waals surface area (Å²) in [5, 5.41) is 0. The van der Waals surface area contributed by atoms with Crippen LogP contribution in [0.15, 0.2) is 36.4 Å². The molecule has 108 valence electrons. The van der Waals surface area contributed by atoms with Crippen LogP contribution in [0.4, 0.5) is 5.69 Å². The third-order valence-electron chi connectivity index (χ3n) is 4.06. The van der Waals surface area contributed by atoms with Crippen LogP contribution < -0.4 is 4.90 Å². The summed E-state index contributed by atoms with van der Waals surface area (Å²) in [6, 6.07) is 6.53. The molecular formula is C16H15NO4. The Kier molecular flexibility index (Phi) is 3.33. The average molecular weight is 285 g/mol. The van der Waals surface area contributed by atoms with E-state index in [1.165, 1.54) is 7.11 Å². The van der Waals surface area contributed by atoms with Gasteiger partial charge in [-0.25, -0.2) is 9.69 Å². The monoisotopic (exact) mass is 285 g/mol. The molecule has 21 heavy (non-hydrogen) atoms. The van der Waals surface area contributed by atoms with Gasteiger partial charge in [0.15, 0.2) is 0 Å². The number of rotatable bonds is 2. The van der Waals surface area contributed by atoms with Crippen molar-refractivity contribution >= 4 is 23.5 Å². The molecule has 0 N–H and O–H groups in total. The van der Waals surface area contributed by atoms with Crippen molar-refractivity contribution in [2.24, 2.45) is 11.8 Å². The number of hydrogen-bond donors (Lipinski definition) is 0. The maximum absolute atomic E-state index is 12.5. The Labute approximate surface area is 122 Å². The van der Waals surface area contributed by atoms with Gasteiger partial charge in [0.2, 0.25) is 11.8 Å². The van der Waals surface area contributed by atoms with E-state index in [0.717, 1.165) is 4.90 Å². The van der Waals surface area contributed by atoms with Gasteiger partial charge in [0, 0.05) is 0 Å². The molecule has 1 aliphatic carbocycles. The number of hydrogen-bond acceptors (Lipinski definition) is 4. The molecule has 0 radical (unpaired) electrons. The Bertz CT molecular complexity index is 623. The van der Waals surface area contributed by atoms with E-state index >= 15 is 0 Å². The van der Waals surface area contributed by atoms with Crippen molar-refractivity contribution in [3.05, 3.63) is 42.0 Å². The number of benzene rings is 1. The minimum absolute atomic E-state index is 0.230. The molecular weight excluding hydrogens is 270 g/mol. The maximum atomic E-state index is 12.5. The molecule has 0 aromatic heterocycles. The predicted molar refractivity (Wildman–Crippen MR) is 75.6 cm³/mol. The highest BCUT2D eigenvalue weighted by atomic mass is 16.5. The molecule has 1 fully saturated rings. The van der Waals surface area contributed by atoms with Crippen LogP contribution in [-0.2, 0) is 14.3 Å². The van der Waals surface area contributed by atoms with Gasteiger partial charge in [-0.15, -0.1) is 0 Å². The molecule has 0 saturated carbocycles. The summed E-state index contributed by atoms with van der Waals surface area (Å²) in [4.78, 5) is 38.0. The summed E-state index contributed by atoms with van der Waals surface area (Å²) >= 11 is 0. The lowest BCUT2D eigenvalue weighted by Crippen LogP contribution is -2.32. The van der Waals surface area contributed by atoms with Gasteiger partial charge in [-0.3, -0.25) is 9.59 Å². The second-order valence-corrected chi connectivity index (χ2v) is 5.18. The van der Waals surface area contributed by atoms with Crippen molar-refractivity contribution in [1.29, 1.82) is 0 Å². The third kappa shape index (κ3) is 2.05. The number of ether oxygens (including phenoxy) is 1. The number of imide groups is 1. The molecule has 0 spiro atoms. The maximum Gasteiger partial charge on any atom is 0.339 e. The molecule has 2 amide bonds. The summed E-state index contributed by atoms with van der Waals surface area (Å²) in [6.07, 6.45) is 5.02. The zero-order chi connectivity index (χ0) is 15.0. The van der Waals surface area contributed by atoms with Gasteiger partial charge < -0.3 is 4.74 Å². The first-order valence-corrected chi connectivity index (χ1v) is 6.85. The minimum Gasteiger partial charge on any atom is -0.465 e. The van der Waals surface area contributed by atoms with Crippen LogP contribution in [0.1, 0.15) is 23.2 Å².